The fourth-order valence-electron chi connectivity index (χ4n) is 7.19. The Morgan fingerprint density at radius 3 is 2.66 bits per heavy atom. The number of hydrogen-bond donors (Lipinski definition) is 2. The molecule has 2 bridgehead atoms. The molecule has 4 heterocycles. The quantitative estimate of drug-likeness (QED) is 0.229. The number of carbonyl (C=O) groups excluding carboxylic acids is 2. The average Bonchev–Trinajstić information content (AvgIpc) is 3.61. The lowest BCUT2D eigenvalue weighted by Gasteiger charge is -2.41. The van der Waals surface area contributed by atoms with Gasteiger partial charge in [0.25, 0.3) is 0 Å². The first-order valence-corrected chi connectivity index (χ1v) is 16.2. The highest BCUT2D eigenvalue weighted by Crippen LogP contribution is 2.49. The summed E-state index contributed by atoms with van der Waals surface area (Å²) < 4.78 is 37.8. The van der Waals surface area contributed by atoms with Crippen molar-refractivity contribution in [2.24, 2.45) is 30.7 Å². The van der Waals surface area contributed by atoms with Crippen molar-refractivity contribution in [3.63, 3.8) is 0 Å². The summed E-state index contributed by atoms with van der Waals surface area (Å²) in [5.41, 5.74) is 1.44. The number of esters is 2. The van der Waals surface area contributed by atoms with Crippen molar-refractivity contribution in [1.82, 2.24) is 9.55 Å². The van der Waals surface area contributed by atoms with Crippen LogP contribution < -0.4 is 0 Å². The molecule has 0 amide bonds. The van der Waals surface area contributed by atoms with Crippen LogP contribution in [0.1, 0.15) is 53.2 Å². The smallest absolute Gasteiger partial charge is 0.331 e. The van der Waals surface area contributed by atoms with Crippen molar-refractivity contribution in [1.29, 1.82) is 0 Å². The predicted molar refractivity (Wildman–Crippen MR) is 170 cm³/mol. The Balaban J connectivity index is 1.47. The molecule has 3 aliphatic heterocycles. The van der Waals surface area contributed by atoms with Gasteiger partial charge in [-0.05, 0) is 68.6 Å². The van der Waals surface area contributed by atoms with Gasteiger partial charge in [0.1, 0.15) is 23.9 Å². The van der Waals surface area contributed by atoms with E-state index in [2.05, 4.69) is 37.9 Å². The minimum Gasteiger partial charge on any atom is -0.457 e. The number of aryl methyl sites for hydroxylation is 1. The van der Waals surface area contributed by atoms with E-state index in [4.69, 9.17) is 28.4 Å². The highest BCUT2D eigenvalue weighted by molar-refractivity contribution is 5.86. The fourth-order valence-corrected chi connectivity index (χ4v) is 7.19. The Morgan fingerprint density at radius 2 is 2.00 bits per heavy atom. The molecule has 1 aromatic heterocycles. The van der Waals surface area contributed by atoms with Crippen molar-refractivity contribution in [3.8, 4) is 0 Å². The lowest BCUT2D eigenvalue weighted by atomic mass is 9.65. The minimum atomic E-state index is -1.43. The number of ether oxygens (including phenoxy) is 6. The maximum Gasteiger partial charge on any atom is 0.331 e. The van der Waals surface area contributed by atoms with E-state index in [9.17, 15) is 19.8 Å². The van der Waals surface area contributed by atoms with Crippen LogP contribution in [0.25, 0.3) is 6.08 Å². The molecule has 0 spiro atoms. The molecule has 258 valence electrons. The molecule has 1 saturated heterocycles. The van der Waals surface area contributed by atoms with Crippen molar-refractivity contribution in [3.05, 3.63) is 59.7 Å². The molecule has 4 aliphatic rings. The van der Waals surface area contributed by atoms with Gasteiger partial charge in [0.15, 0.2) is 12.4 Å². The Hall–Kier alpha value is -3.13. The standard InChI is InChI=1S/C35H48N2O10/c1-20(2)25-10-8-21(3)26-15-29(46-30(40)11-9-24-16-37(6)19-36-24)34(5)12-13-35(42-7,47-34)23(14-27(25)26)17-43-33-31(41)32(45-22(4)38)28(39)18-44-33/h8-9,11-14,16,19-20,25-29,31-33,39,41H,10,15,17-18H2,1-7H3/b11-9+,23-14-/t25-,26+,27-,28-,29?,31+,32-,33-,34+,35-/m1/s1. The highest BCUT2D eigenvalue weighted by Gasteiger charge is 2.54. The van der Waals surface area contributed by atoms with E-state index in [0.29, 0.717) is 23.6 Å². The van der Waals surface area contributed by atoms with Gasteiger partial charge >= 0.3 is 11.9 Å². The Morgan fingerprint density at radius 1 is 1.23 bits per heavy atom. The molecular weight excluding hydrogens is 608 g/mol. The van der Waals surface area contributed by atoms with Gasteiger partial charge in [0, 0.05) is 38.9 Å². The van der Waals surface area contributed by atoms with Gasteiger partial charge in [0.05, 0.1) is 25.2 Å². The molecule has 47 heavy (non-hydrogen) atoms. The van der Waals surface area contributed by atoms with Gasteiger partial charge < -0.3 is 43.2 Å². The maximum atomic E-state index is 13.3. The van der Waals surface area contributed by atoms with Gasteiger partial charge in [-0.3, -0.25) is 4.79 Å². The van der Waals surface area contributed by atoms with Crippen molar-refractivity contribution in [2.75, 3.05) is 20.3 Å². The third-order valence-corrected chi connectivity index (χ3v) is 9.87. The summed E-state index contributed by atoms with van der Waals surface area (Å²) in [7, 11) is 3.40. The van der Waals surface area contributed by atoms with Crippen LogP contribution in [0.2, 0.25) is 0 Å². The molecule has 5 rings (SSSR count). The zero-order valence-electron chi connectivity index (χ0n) is 28.2. The van der Waals surface area contributed by atoms with Crippen LogP contribution in [-0.2, 0) is 45.1 Å². The zero-order valence-corrected chi connectivity index (χ0v) is 28.2. The molecule has 1 unspecified atom stereocenters. The van der Waals surface area contributed by atoms with Crippen molar-refractivity contribution < 1.29 is 48.2 Å². The Bertz CT molecular complexity index is 1430. The van der Waals surface area contributed by atoms with Gasteiger partial charge in [-0.2, -0.15) is 0 Å². The molecule has 1 aromatic rings. The maximum absolute atomic E-state index is 13.3. The lowest BCUT2D eigenvalue weighted by molar-refractivity contribution is -0.275. The monoisotopic (exact) mass is 656 g/mol. The van der Waals surface area contributed by atoms with Gasteiger partial charge in [0.2, 0.25) is 5.79 Å². The van der Waals surface area contributed by atoms with Crippen LogP contribution in [0.15, 0.2) is 54.1 Å². The fraction of sp³-hybridized carbons (Fsp3) is 0.629. The van der Waals surface area contributed by atoms with Gasteiger partial charge in [-0.15, -0.1) is 0 Å². The normalized spacial score (nSPS) is 38.2. The second-order valence-corrected chi connectivity index (χ2v) is 13.6. The molecule has 2 N–H and O–H groups in total. The van der Waals surface area contributed by atoms with Crippen molar-refractivity contribution in [2.45, 2.75) is 89.6 Å². The molecule has 1 aliphatic carbocycles. The second-order valence-electron chi connectivity index (χ2n) is 13.6. The number of fused-ring (bicyclic) bond motifs is 3. The summed E-state index contributed by atoms with van der Waals surface area (Å²) in [4.78, 5) is 29.1. The molecule has 0 radical (unpaired) electrons. The second kappa shape index (κ2) is 14.2. The molecule has 10 atom stereocenters. The van der Waals surface area contributed by atoms with Crippen molar-refractivity contribution >= 4 is 18.0 Å². The summed E-state index contributed by atoms with van der Waals surface area (Å²) in [5.74, 6) is -1.87. The average molecular weight is 657 g/mol. The zero-order chi connectivity index (χ0) is 34.1. The van der Waals surface area contributed by atoms with Gasteiger partial charge in [-0.25, -0.2) is 9.78 Å². The summed E-state index contributed by atoms with van der Waals surface area (Å²) in [6, 6.07) is 0. The minimum absolute atomic E-state index is 0.0173. The van der Waals surface area contributed by atoms with Crippen LogP contribution in [-0.4, -0.2) is 94.1 Å². The summed E-state index contributed by atoms with van der Waals surface area (Å²) in [6.07, 6.45) is 10.3. The number of aromatic nitrogens is 2. The SMILES string of the molecule is CO[C@]12C=C[C@](C)(O1)C(OC(=O)/C=C/c1cn(C)cn1)C[C@H]1C(C)=CC[C@H](C(C)C)[C@H]1/C=C\2CO[C@@H]1OC[C@@H](O)[C@@H](OC(C)=O)[C@@H]1O. The van der Waals surface area contributed by atoms with E-state index in [1.54, 1.807) is 30.3 Å². The van der Waals surface area contributed by atoms with Crippen LogP contribution in [0.5, 0.6) is 0 Å². The molecule has 12 nitrogen and oxygen atoms in total. The van der Waals surface area contributed by atoms with Crippen LogP contribution >= 0.6 is 0 Å². The lowest BCUT2D eigenvalue weighted by Crippen LogP contribution is -2.55. The van der Waals surface area contributed by atoms with Crippen LogP contribution in [0.4, 0.5) is 0 Å². The number of aliphatic hydroxyl groups is 2. The molecule has 12 heteroatoms. The Labute approximate surface area is 276 Å². The van der Waals surface area contributed by atoms with E-state index >= 15 is 0 Å². The first-order chi connectivity index (χ1) is 22.2. The number of imidazole rings is 1. The number of hydrogen-bond acceptors (Lipinski definition) is 11. The predicted octanol–water partition coefficient (Wildman–Crippen LogP) is 3.24. The molecular formula is C35H48N2O10. The number of aliphatic hydroxyl groups excluding tert-OH is 2. The summed E-state index contributed by atoms with van der Waals surface area (Å²) in [6.45, 7) is 9.36. The molecule has 0 aromatic carbocycles. The van der Waals surface area contributed by atoms with Crippen LogP contribution in [0.3, 0.4) is 0 Å². The number of allylic oxidation sites excluding steroid dienone is 3. The van der Waals surface area contributed by atoms with E-state index in [0.717, 1.165) is 6.42 Å². The van der Waals surface area contributed by atoms with E-state index in [-0.39, 0.29) is 31.0 Å². The summed E-state index contributed by atoms with van der Waals surface area (Å²) in [5, 5.41) is 21.2. The largest absolute Gasteiger partial charge is 0.457 e. The first-order valence-electron chi connectivity index (χ1n) is 16.2. The topological polar surface area (TPSA) is 148 Å². The molecule has 1 fully saturated rings. The van der Waals surface area contributed by atoms with E-state index in [1.807, 2.05) is 26.1 Å². The Kier molecular flexibility index (Phi) is 10.6. The number of nitrogens with zero attached hydrogens (tertiary/aromatic N) is 2. The third-order valence-electron chi connectivity index (χ3n) is 9.87. The van der Waals surface area contributed by atoms with E-state index in [1.165, 1.54) is 18.6 Å². The number of rotatable bonds is 9. The molecule has 0 saturated carbocycles. The highest BCUT2D eigenvalue weighted by atomic mass is 16.7. The first kappa shape index (κ1) is 35.2. The number of carbonyl (C=O) groups is 2. The summed E-state index contributed by atoms with van der Waals surface area (Å²) >= 11 is 0. The third kappa shape index (κ3) is 7.48. The number of methoxy groups -OCH3 is 1. The van der Waals surface area contributed by atoms with Crippen LogP contribution in [0, 0.1) is 23.7 Å². The van der Waals surface area contributed by atoms with E-state index < -0.39 is 54.0 Å². The van der Waals surface area contributed by atoms with Gasteiger partial charge in [-0.1, -0.05) is 31.6 Å².